The van der Waals surface area contributed by atoms with Crippen LogP contribution in [-0.4, -0.2) is 40.6 Å². The van der Waals surface area contributed by atoms with Gasteiger partial charge in [0.25, 0.3) is 5.91 Å². The minimum atomic E-state index is -0.0514. The van der Waals surface area contributed by atoms with Gasteiger partial charge in [-0.1, -0.05) is 6.07 Å². The zero-order chi connectivity index (χ0) is 12.3. The van der Waals surface area contributed by atoms with E-state index in [2.05, 4.69) is 20.9 Å². The van der Waals surface area contributed by atoms with Gasteiger partial charge in [-0.2, -0.15) is 0 Å². The van der Waals surface area contributed by atoms with Crippen molar-refractivity contribution in [3.05, 3.63) is 28.5 Å². The molecule has 1 saturated heterocycles. The third kappa shape index (κ3) is 3.04. The van der Waals surface area contributed by atoms with Gasteiger partial charge < -0.3 is 10.0 Å². The van der Waals surface area contributed by atoms with E-state index >= 15 is 0 Å². The molecule has 1 aromatic heterocycles. The molecule has 1 atom stereocenters. The highest BCUT2D eigenvalue weighted by atomic mass is 79.9. The molecule has 0 aromatic carbocycles. The Labute approximate surface area is 109 Å². The second-order valence-corrected chi connectivity index (χ2v) is 5.10. The number of aliphatic hydroxyl groups excluding tert-OH is 1. The van der Waals surface area contributed by atoms with Crippen LogP contribution >= 0.6 is 15.9 Å². The van der Waals surface area contributed by atoms with Gasteiger partial charge in [-0.05, 0) is 46.8 Å². The van der Waals surface area contributed by atoms with Gasteiger partial charge in [0.15, 0.2) is 0 Å². The number of aromatic nitrogens is 1. The molecular formula is C12H15BrN2O2. The van der Waals surface area contributed by atoms with E-state index in [9.17, 15) is 4.79 Å². The summed E-state index contributed by atoms with van der Waals surface area (Å²) in [6, 6.07) is 5.32. The molecule has 92 valence electrons. The van der Waals surface area contributed by atoms with Crippen LogP contribution in [0.4, 0.5) is 0 Å². The van der Waals surface area contributed by atoms with Crippen molar-refractivity contribution >= 4 is 21.8 Å². The second-order valence-electron chi connectivity index (χ2n) is 4.29. The summed E-state index contributed by atoms with van der Waals surface area (Å²) in [5.74, 6) is 0.157. The Bertz CT molecular complexity index is 411. The average molecular weight is 299 g/mol. The van der Waals surface area contributed by atoms with E-state index in [1.54, 1.807) is 23.1 Å². The van der Waals surface area contributed by atoms with Crippen molar-refractivity contribution < 1.29 is 9.90 Å². The number of nitrogens with zero attached hydrogens (tertiary/aromatic N) is 2. The summed E-state index contributed by atoms with van der Waals surface area (Å²) in [6.07, 6.45) is 1.94. The van der Waals surface area contributed by atoms with Crippen LogP contribution in [0, 0.1) is 5.92 Å². The molecule has 0 bridgehead atoms. The lowest BCUT2D eigenvalue weighted by molar-refractivity contribution is 0.0615. The lowest BCUT2D eigenvalue weighted by Gasteiger charge is -2.31. The molecule has 1 fully saturated rings. The minimum absolute atomic E-state index is 0.0514. The molecule has 0 radical (unpaired) electrons. The van der Waals surface area contributed by atoms with E-state index < -0.39 is 0 Å². The summed E-state index contributed by atoms with van der Waals surface area (Å²) < 4.78 is 0.666. The number of carbonyl (C=O) groups excluding carboxylic acids is 1. The molecule has 0 saturated carbocycles. The summed E-state index contributed by atoms with van der Waals surface area (Å²) in [5.41, 5.74) is 0.456. The number of piperidine rings is 1. The number of likely N-dealkylation sites (tertiary alicyclic amines) is 1. The second kappa shape index (κ2) is 5.60. The highest BCUT2D eigenvalue weighted by molar-refractivity contribution is 9.10. The maximum atomic E-state index is 12.2. The Morgan fingerprint density at radius 2 is 2.41 bits per heavy atom. The Hall–Kier alpha value is -0.940. The van der Waals surface area contributed by atoms with Crippen LogP contribution in [0.5, 0.6) is 0 Å². The molecule has 1 amide bonds. The van der Waals surface area contributed by atoms with E-state index in [-0.39, 0.29) is 18.4 Å². The van der Waals surface area contributed by atoms with E-state index in [1.807, 2.05) is 0 Å². The molecule has 5 heteroatoms. The van der Waals surface area contributed by atoms with E-state index in [1.165, 1.54) is 0 Å². The first-order valence-corrected chi connectivity index (χ1v) is 6.52. The summed E-state index contributed by atoms with van der Waals surface area (Å²) >= 11 is 3.26. The van der Waals surface area contributed by atoms with E-state index in [0.29, 0.717) is 16.8 Å². The minimum Gasteiger partial charge on any atom is -0.396 e. The largest absolute Gasteiger partial charge is 0.396 e. The van der Waals surface area contributed by atoms with Gasteiger partial charge >= 0.3 is 0 Å². The highest BCUT2D eigenvalue weighted by Gasteiger charge is 2.24. The van der Waals surface area contributed by atoms with Crippen molar-refractivity contribution in [2.75, 3.05) is 19.7 Å². The van der Waals surface area contributed by atoms with E-state index in [0.717, 1.165) is 19.4 Å². The number of hydrogen-bond acceptors (Lipinski definition) is 3. The third-order valence-corrected chi connectivity index (χ3v) is 3.44. The van der Waals surface area contributed by atoms with Crippen LogP contribution in [-0.2, 0) is 0 Å². The number of halogens is 1. The molecule has 17 heavy (non-hydrogen) atoms. The Morgan fingerprint density at radius 3 is 3.12 bits per heavy atom. The monoisotopic (exact) mass is 298 g/mol. The van der Waals surface area contributed by atoms with Gasteiger partial charge in [-0.25, -0.2) is 4.98 Å². The molecule has 1 aliphatic heterocycles. The average Bonchev–Trinajstić information content (AvgIpc) is 2.38. The van der Waals surface area contributed by atoms with Gasteiger partial charge in [-0.15, -0.1) is 0 Å². The number of rotatable bonds is 2. The standard InChI is InChI=1S/C12H15BrN2O2/c13-11-5-1-4-10(14-11)12(17)15-6-2-3-9(7-15)8-16/h1,4-5,9,16H,2-3,6-8H2. The zero-order valence-corrected chi connectivity index (χ0v) is 11.1. The van der Waals surface area contributed by atoms with E-state index in [4.69, 9.17) is 5.11 Å². The Kier molecular flexibility index (Phi) is 4.12. The molecule has 4 nitrogen and oxygen atoms in total. The quantitative estimate of drug-likeness (QED) is 0.846. The molecule has 0 spiro atoms. The molecule has 0 aliphatic carbocycles. The van der Waals surface area contributed by atoms with Crippen molar-refractivity contribution in [1.29, 1.82) is 0 Å². The van der Waals surface area contributed by atoms with Gasteiger partial charge in [0.1, 0.15) is 10.3 Å². The fourth-order valence-corrected chi connectivity index (χ4v) is 2.43. The van der Waals surface area contributed by atoms with Crippen LogP contribution in [0.25, 0.3) is 0 Å². The number of pyridine rings is 1. The SMILES string of the molecule is O=C(c1cccc(Br)n1)N1CCCC(CO)C1. The zero-order valence-electron chi connectivity index (χ0n) is 9.47. The number of amides is 1. The number of hydrogen-bond donors (Lipinski definition) is 1. The van der Waals surface area contributed by atoms with Crippen molar-refractivity contribution in [3.63, 3.8) is 0 Å². The van der Waals surface area contributed by atoms with Crippen LogP contribution in [0.15, 0.2) is 22.8 Å². The summed E-state index contributed by atoms with van der Waals surface area (Å²) in [5, 5.41) is 9.14. The first kappa shape index (κ1) is 12.5. The smallest absolute Gasteiger partial charge is 0.272 e. The number of carbonyl (C=O) groups is 1. The highest BCUT2D eigenvalue weighted by Crippen LogP contribution is 2.18. The van der Waals surface area contributed by atoms with Gasteiger partial charge in [0.05, 0.1) is 0 Å². The van der Waals surface area contributed by atoms with Crippen molar-refractivity contribution in [2.45, 2.75) is 12.8 Å². The molecule has 1 aromatic rings. The van der Waals surface area contributed by atoms with Crippen LogP contribution < -0.4 is 0 Å². The molecular weight excluding hydrogens is 284 g/mol. The molecule has 1 unspecified atom stereocenters. The Morgan fingerprint density at radius 1 is 1.59 bits per heavy atom. The molecule has 2 rings (SSSR count). The maximum absolute atomic E-state index is 12.2. The summed E-state index contributed by atoms with van der Waals surface area (Å²) in [7, 11) is 0. The number of aliphatic hydroxyl groups is 1. The topological polar surface area (TPSA) is 53.4 Å². The van der Waals surface area contributed by atoms with Crippen molar-refractivity contribution in [3.8, 4) is 0 Å². The van der Waals surface area contributed by atoms with Gasteiger partial charge in [0, 0.05) is 19.7 Å². The lowest BCUT2D eigenvalue weighted by Crippen LogP contribution is -2.41. The summed E-state index contributed by atoms with van der Waals surface area (Å²) in [4.78, 5) is 18.1. The molecule has 1 aliphatic rings. The van der Waals surface area contributed by atoms with Gasteiger partial charge in [-0.3, -0.25) is 4.79 Å². The molecule has 1 N–H and O–H groups in total. The predicted octanol–water partition coefficient (Wildman–Crippen LogP) is 1.69. The van der Waals surface area contributed by atoms with Crippen LogP contribution in [0.2, 0.25) is 0 Å². The summed E-state index contributed by atoms with van der Waals surface area (Å²) in [6.45, 7) is 1.53. The van der Waals surface area contributed by atoms with Gasteiger partial charge in [0.2, 0.25) is 0 Å². The Balaban J connectivity index is 2.09. The molecule has 2 heterocycles. The lowest BCUT2D eigenvalue weighted by atomic mass is 9.99. The first-order valence-electron chi connectivity index (χ1n) is 5.73. The van der Waals surface area contributed by atoms with Crippen LogP contribution in [0.3, 0.4) is 0 Å². The maximum Gasteiger partial charge on any atom is 0.272 e. The normalized spacial score (nSPS) is 20.4. The fourth-order valence-electron chi connectivity index (χ4n) is 2.09. The first-order chi connectivity index (χ1) is 8.20. The van der Waals surface area contributed by atoms with Crippen molar-refractivity contribution in [1.82, 2.24) is 9.88 Å². The fraction of sp³-hybridized carbons (Fsp3) is 0.500. The van der Waals surface area contributed by atoms with Crippen molar-refractivity contribution in [2.24, 2.45) is 5.92 Å². The predicted molar refractivity (Wildman–Crippen MR) is 67.7 cm³/mol. The van der Waals surface area contributed by atoms with Crippen LogP contribution in [0.1, 0.15) is 23.3 Å². The third-order valence-electron chi connectivity index (χ3n) is 3.00.